The van der Waals surface area contributed by atoms with E-state index in [1.807, 2.05) is 14.1 Å². The molecule has 0 aromatic heterocycles. The van der Waals surface area contributed by atoms with Gasteiger partial charge in [0.1, 0.15) is 0 Å². The molecule has 1 saturated heterocycles. The van der Waals surface area contributed by atoms with Crippen LogP contribution in [0, 0.1) is 17.8 Å². The van der Waals surface area contributed by atoms with Gasteiger partial charge in [-0.25, -0.2) is 0 Å². The van der Waals surface area contributed by atoms with Crippen molar-refractivity contribution >= 4 is 5.91 Å². The van der Waals surface area contributed by atoms with Gasteiger partial charge in [0.25, 0.3) is 0 Å². The topological polar surface area (TPSA) is 32.3 Å². The summed E-state index contributed by atoms with van der Waals surface area (Å²) in [6.07, 6.45) is 7.86. The van der Waals surface area contributed by atoms with Gasteiger partial charge in [-0.1, -0.05) is 19.8 Å². The zero-order chi connectivity index (χ0) is 13.1. The van der Waals surface area contributed by atoms with Gasteiger partial charge in [-0.3, -0.25) is 4.79 Å². The van der Waals surface area contributed by atoms with Crippen LogP contribution < -0.4 is 5.32 Å². The van der Waals surface area contributed by atoms with Gasteiger partial charge < -0.3 is 10.2 Å². The second kappa shape index (κ2) is 6.05. The van der Waals surface area contributed by atoms with E-state index in [-0.39, 0.29) is 11.9 Å². The Labute approximate surface area is 111 Å². The third-order valence-electron chi connectivity index (χ3n) is 4.91. The third kappa shape index (κ3) is 3.25. The number of hydrogen-bond donors (Lipinski definition) is 1. The van der Waals surface area contributed by atoms with E-state index in [1.54, 1.807) is 4.90 Å². The minimum absolute atomic E-state index is 0.0677. The van der Waals surface area contributed by atoms with Crippen molar-refractivity contribution in [3.05, 3.63) is 0 Å². The first-order chi connectivity index (χ1) is 8.58. The summed E-state index contributed by atoms with van der Waals surface area (Å²) in [7, 11) is 3.71. The minimum atomic E-state index is 0.0677. The highest BCUT2D eigenvalue weighted by atomic mass is 16.2. The molecule has 2 unspecified atom stereocenters. The maximum absolute atomic E-state index is 12.0. The molecule has 0 bridgehead atoms. The molecule has 2 aliphatic rings. The second-order valence-electron chi connectivity index (χ2n) is 6.54. The molecule has 1 aliphatic carbocycles. The highest BCUT2D eigenvalue weighted by Gasteiger charge is 2.33. The summed E-state index contributed by atoms with van der Waals surface area (Å²) in [5.74, 6) is 2.82. The molecule has 2 fully saturated rings. The molecule has 2 atom stereocenters. The summed E-state index contributed by atoms with van der Waals surface area (Å²) >= 11 is 0. The number of piperidine rings is 1. The summed E-state index contributed by atoms with van der Waals surface area (Å²) in [5, 5.41) is 3.39. The van der Waals surface area contributed by atoms with Crippen molar-refractivity contribution < 1.29 is 4.79 Å². The number of nitrogens with one attached hydrogen (secondary N) is 1. The number of carbonyl (C=O) groups is 1. The van der Waals surface area contributed by atoms with Gasteiger partial charge in [-0.15, -0.1) is 0 Å². The van der Waals surface area contributed by atoms with Crippen LogP contribution >= 0.6 is 0 Å². The summed E-state index contributed by atoms with van der Waals surface area (Å²) in [5.41, 5.74) is 0. The number of carbonyl (C=O) groups excluding carboxylic acids is 1. The zero-order valence-electron chi connectivity index (χ0n) is 12.1. The van der Waals surface area contributed by atoms with Crippen LogP contribution in [0.4, 0.5) is 0 Å². The van der Waals surface area contributed by atoms with Crippen molar-refractivity contribution in [1.82, 2.24) is 10.2 Å². The fourth-order valence-electron chi connectivity index (χ4n) is 3.63. The molecule has 0 aromatic rings. The molecule has 3 heteroatoms. The van der Waals surface area contributed by atoms with Crippen molar-refractivity contribution in [1.29, 1.82) is 0 Å². The molecular weight excluding hydrogens is 224 g/mol. The standard InChI is InChI=1S/C15H28N2O/c1-11-4-6-12(7-5-11)13-8-9-16-14(10-13)15(18)17(2)3/h11-14,16H,4-10H2,1-3H3. The molecule has 1 N–H and O–H groups in total. The SMILES string of the molecule is CC1CCC(C2CCNC(C(=O)N(C)C)C2)CC1. The van der Waals surface area contributed by atoms with Crippen molar-refractivity contribution in [3.8, 4) is 0 Å². The summed E-state index contributed by atoms with van der Waals surface area (Å²) < 4.78 is 0. The van der Waals surface area contributed by atoms with E-state index in [2.05, 4.69) is 12.2 Å². The molecule has 0 radical (unpaired) electrons. The van der Waals surface area contributed by atoms with E-state index in [4.69, 9.17) is 0 Å². The summed E-state index contributed by atoms with van der Waals surface area (Å²) in [4.78, 5) is 13.8. The number of likely N-dealkylation sites (N-methyl/N-ethyl adjacent to an activating group) is 1. The minimum Gasteiger partial charge on any atom is -0.347 e. The molecule has 1 aliphatic heterocycles. The highest BCUT2D eigenvalue weighted by molar-refractivity contribution is 5.81. The maximum Gasteiger partial charge on any atom is 0.239 e. The Morgan fingerprint density at radius 2 is 1.72 bits per heavy atom. The zero-order valence-corrected chi connectivity index (χ0v) is 12.1. The molecule has 1 amide bonds. The molecule has 3 nitrogen and oxygen atoms in total. The van der Waals surface area contributed by atoms with Crippen LogP contribution in [0.5, 0.6) is 0 Å². The van der Waals surface area contributed by atoms with Crippen molar-refractivity contribution in [2.45, 2.75) is 51.5 Å². The van der Waals surface area contributed by atoms with E-state index in [9.17, 15) is 4.79 Å². The van der Waals surface area contributed by atoms with Crippen LogP contribution in [-0.2, 0) is 4.79 Å². The molecule has 0 spiro atoms. The van der Waals surface area contributed by atoms with Crippen LogP contribution in [0.2, 0.25) is 0 Å². The summed E-state index contributed by atoms with van der Waals surface area (Å²) in [6, 6.07) is 0.0677. The number of nitrogens with zero attached hydrogens (tertiary/aromatic N) is 1. The number of amides is 1. The Balaban J connectivity index is 1.88. The normalized spacial score (nSPS) is 37.3. The van der Waals surface area contributed by atoms with Gasteiger partial charge in [0.05, 0.1) is 6.04 Å². The van der Waals surface area contributed by atoms with Crippen LogP contribution in [0.3, 0.4) is 0 Å². The van der Waals surface area contributed by atoms with E-state index in [0.29, 0.717) is 0 Å². The smallest absolute Gasteiger partial charge is 0.239 e. The molecule has 1 heterocycles. The number of rotatable bonds is 2. The lowest BCUT2D eigenvalue weighted by Crippen LogP contribution is -2.49. The van der Waals surface area contributed by atoms with Crippen LogP contribution in [0.15, 0.2) is 0 Å². The van der Waals surface area contributed by atoms with Gasteiger partial charge in [0, 0.05) is 14.1 Å². The second-order valence-corrected chi connectivity index (χ2v) is 6.54. The first kappa shape index (κ1) is 13.9. The Morgan fingerprint density at radius 1 is 1.06 bits per heavy atom. The quantitative estimate of drug-likeness (QED) is 0.817. The maximum atomic E-state index is 12.0. The Hall–Kier alpha value is -0.570. The molecule has 104 valence electrons. The van der Waals surface area contributed by atoms with Crippen molar-refractivity contribution in [3.63, 3.8) is 0 Å². The average molecular weight is 252 g/mol. The predicted octanol–water partition coefficient (Wildman–Crippen LogP) is 2.27. The highest BCUT2D eigenvalue weighted by Crippen LogP contribution is 2.37. The van der Waals surface area contributed by atoms with Gasteiger partial charge in [0.2, 0.25) is 5.91 Å². The lowest BCUT2D eigenvalue weighted by atomic mass is 9.72. The molecular formula is C15H28N2O. The molecule has 2 rings (SSSR count). The molecule has 1 saturated carbocycles. The lowest BCUT2D eigenvalue weighted by molar-refractivity contribution is -0.132. The monoisotopic (exact) mass is 252 g/mol. The lowest BCUT2D eigenvalue weighted by Gasteiger charge is -2.38. The van der Waals surface area contributed by atoms with Crippen molar-refractivity contribution in [2.75, 3.05) is 20.6 Å². The van der Waals surface area contributed by atoms with E-state index >= 15 is 0 Å². The largest absolute Gasteiger partial charge is 0.347 e. The third-order valence-corrected chi connectivity index (χ3v) is 4.91. The van der Waals surface area contributed by atoms with E-state index in [1.165, 1.54) is 32.1 Å². The first-order valence-electron chi connectivity index (χ1n) is 7.52. The van der Waals surface area contributed by atoms with Gasteiger partial charge in [-0.05, 0) is 50.0 Å². The van der Waals surface area contributed by atoms with Crippen LogP contribution in [0.25, 0.3) is 0 Å². The van der Waals surface area contributed by atoms with Gasteiger partial charge in [-0.2, -0.15) is 0 Å². The van der Waals surface area contributed by atoms with Gasteiger partial charge >= 0.3 is 0 Å². The van der Waals surface area contributed by atoms with Crippen LogP contribution in [0.1, 0.15) is 45.4 Å². The fourth-order valence-corrected chi connectivity index (χ4v) is 3.63. The Morgan fingerprint density at radius 3 is 2.33 bits per heavy atom. The Kier molecular flexibility index (Phi) is 4.66. The fraction of sp³-hybridized carbons (Fsp3) is 0.933. The average Bonchev–Trinajstić information content (AvgIpc) is 2.38. The van der Waals surface area contributed by atoms with E-state index in [0.717, 1.165) is 30.7 Å². The van der Waals surface area contributed by atoms with E-state index < -0.39 is 0 Å². The van der Waals surface area contributed by atoms with Gasteiger partial charge in [0.15, 0.2) is 0 Å². The summed E-state index contributed by atoms with van der Waals surface area (Å²) in [6.45, 7) is 3.39. The Bertz CT molecular complexity index is 282. The predicted molar refractivity (Wildman–Crippen MR) is 74.3 cm³/mol. The molecule has 0 aromatic carbocycles. The van der Waals surface area contributed by atoms with Crippen molar-refractivity contribution in [2.24, 2.45) is 17.8 Å². The van der Waals surface area contributed by atoms with Crippen LogP contribution in [-0.4, -0.2) is 37.5 Å². The first-order valence-corrected chi connectivity index (χ1v) is 7.52. The number of hydrogen-bond acceptors (Lipinski definition) is 2. The molecule has 18 heavy (non-hydrogen) atoms.